The van der Waals surface area contributed by atoms with E-state index in [1.54, 1.807) is 0 Å². The first kappa shape index (κ1) is 15.5. The molecular weight excluding hydrogens is 457 g/mol. The van der Waals surface area contributed by atoms with Crippen molar-refractivity contribution in [3.63, 3.8) is 0 Å². The van der Waals surface area contributed by atoms with Crippen molar-refractivity contribution in [3.8, 4) is 0 Å². The minimum Gasteiger partial charge on any atom is -0.324 e. The number of rotatable bonds is 3. The van der Waals surface area contributed by atoms with Crippen LogP contribution in [0.25, 0.3) is 0 Å². The zero-order valence-corrected chi connectivity index (χ0v) is 15.4. The molecule has 2 aromatic carbocycles. The number of hydrogen-bond acceptors (Lipinski definition) is 1. The molecule has 0 aliphatic carbocycles. The molecule has 0 bridgehead atoms. The molecule has 0 aromatic heterocycles. The standard InChI is InChI=1S/C14H11Br3ClN/c15-10-2-1-8(13(18)7-10)5-14(19)9-3-11(16)6-12(17)4-9/h1-4,6-7,14H,5,19H2. The molecule has 19 heavy (non-hydrogen) atoms. The van der Waals surface area contributed by atoms with Crippen molar-refractivity contribution < 1.29 is 0 Å². The third-order valence-corrected chi connectivity index (χ3v) is 4.53. The second-order valence-corrected chi connectivity index (χ2v) is 7.40. The largest absolute Gasteiger partial charge is 0.324 e. The van der Waals surface area contributed by atoms with Crippen LogP contribution >= 0.6 is 59.4 Å². The zero-order chi connectivity index (χ0) is 14.0. The van der Waals surface area contributed by atoms with Crippen LogP contribution in [-0.2, 0) is 6.42 Å². The number of nitrogens with two attached hydrogens (primary N) is 1. The summed E-state index contributed by atoms with van der Waals surface area (Å²) in [6, 6.07) is 11.8. The molecule has 0 amide bonds. The number of hydrogen-bond donors (Lipinski definition) is 1. The normalized spacial score (nSPS) is 12.5. The van der Waals surface area contributed by atoms with Gasteiger partial charge >= 0.3 is 0 Å². The van der Waals surface area contributed by atoms with E-state index in [2.05, 4.69) is 47.8 Å². The van der Waals surface area contributed by atoms with Gasteiger partial charge in [-0.1, -0.05) is 65.5 Å². The molecule has 0 heterocycles. The molecule has 2 N–H and O–H groups in total. The van der Waals surface area contributed by atoms with Crippen LogP contribution in [0.5, 0.6) is 0 Å². The minimum absolute atomic E-state index is 0.0903. The van der Waals surface area contributed by atoms with Gasteiger partial charge in [0, 0.05) is 24.5 Å². The fraction of sp³-hybridized carbons (Fsp3) is 0.143. The van der Waals surface area contributed by atoms with Crippen LogP contribution in [0.2, 0.25) is 5.02 Å². The predicted octanol–water partition coefficient (Wildman–Crippen LogP) is 5.87. The Morgan fingerprint density at radius 2 is 1.58 bits per heavy atom. The van der Waals surface area contributed by atoms with Crippen molar-refractivity contribution in [2.24, 2.45) is 5.73 Å². The summed E-state index contributed by atoms with van der Waals surface area (Å²) in [6.45, 7) is 0. The second-order valence-electron chi connectivity index (χ2n) is 4.25. The van der Waals surface area contributed by atoms with Crippen molar-refractivity contribution in [2.45, 2.75) is 12.5 Å². The highest BCUT2D eigenvalue weighted by Crippen LogP contribution is 2.28. The van der Waals surface area contributed by atoms with E-state index in [0.717, 1.165) is 29.6 Å². The second kappa shape index (κ2) is 6.72. The summed E-state index contributed by atoms with van der Waals surface area (Å²) in [5.41, 5.74) is 8.38. The van der Waals surface area contributed by atoms with Crippen molar-refractivity contribution >= 4 is 59.4 Å². The Bertz CT molecular complexity index is 581. The lowest BCUT2D eigenvalue weighted by Crippen LogP contribution is -2.13. The molecule has 0 aliphatic rings. The van der Waals surface area contributed by atoms with Gasteiger partial charge in [-0.25, -0.2) is 0 Å². The van der Waals surface area contributed by atoms with E-state index in [4.69, 9.17) is 17.3 Å². The van der Waals surface area contributed by atoms with Gasteiger partial charge < -0.3 is 5.73 Å². The summed E-state index contributed by atoms with van der Waals surface area (Å²) in [5, 5.41) is 0.735. The van der Waals surface area contributed by atoms with Crippen LogP contribution in [0.3, 0.4) is 0 Å². The smallest absolute Gasteiger partial charge is 0.0449 e. The Morgan fingerprint density at radius 3 is 2.16 bits per heavy atom. The topological polar surface area (TPSA) is 26.0 Å². The van der Waals surface area contributed by atoms with Gasteiger partial charge in [0.1, 0.15) is 0 Å². The van der Waals surface area contributed by atoms with E-state index in [1.807, 2.05) is 36.4 Å². The molecule has 1 atom stereocenters. The first-order valence-electron chi connectivity index (χ1n) is 5.61. The highest BCUT2D eigenvalue weighted by Gasteiger charge is 2.11. The summed E-state index contributed by atoms with van der Waals surface area (Å²) in [4.78, 5) is 0. The molecule has 1 nitrogen and oxygen atoms in total. The first-order valence-corrected chi connectivity index (χ1v) is 8.37. The van der Waals surface area contributed by atoms with Gasteiger partial charge in [0.15, 0.2) is 0 Å². The van der Waals surface area contributed by atoms with Crippen LogP contribution < -0.4 is 5.73 Å². The maximum atomic E-state index is 6.26. The third-order valence-electron chi connectivity index (χ3n) is 2.77. The average Bonchev–Trinajstić information content (AvgIpc) is 2.31. The maximum Gasteiger partial charge on any atom is 0.0449 e. The fourth-order valence-electron chi connectivity index (χ4n) is 1.83. The van der Waals surface area contributed by atoms with Crippen LogP contribution in [0.1, 0.15) is 17.2 Å². The molecule has 5 heteroatoms. The van der Waals surface area contributed by atoms with Gasteiger partial charge in [-0.05, 0) is 47.9 Å². The fourth-order valence-corrected chi connectivity index (χ4v) is 3.91. The van der Waals surface area contributed by atoms with E-state index >= 15 is 0 Å². The van der Waals surface area contributed by atoms with Crippen molar-refractivity contribution in [1.29, 1.82) is 0 Å². The summed E-state index contributed by atoms with van der Waals surface area (Å²) in [5.74, 6) is 0. The van der Waals surface area contributed by atoms with E-state index < -0.39 is 0 Å². The van der Waals surface area contributed by atoms with Gasteiger partial charge in [0.2, 0.25) is 0 Å². The first-order chi connectivity index (χ1) is 8.95. The van der Waals surface area contributed by atoms with Crippen LogP contribution in [0, 0.1) is 0 Å². The quantitative estimate of drug-likeness (QED) is 0.599. The Morgan fingerprint density at radius 1 is 0.947 bits per heavy atom. The molecule has 0 radical (unpaired) electrons. The van der Waals surface area contributed by atoms with E-state index in [9.17, 15) is 0 Å². The van der Waals surface area contributed by atoms with Crippen LogP contribution in [0.15, 0.2) is 49.8 Å². The van der Waals surface area contributed by atoms with Crippen molar-refractivity contribution in [1.82, 2.24) is 0 Å². The molecule has 2 aromatic rings. The Balaban J connectivity index is 2.22. The van der Waals surface area contributed by atoms with Crippen LogP contribution in [0.4, 0.5) is 0 Å². The molecule has 100 valence electrons. The predicted molar refractivity (Wildman–Crippen MR) is 91.6 cm³/mol. The lowest BCUT2D eigenvalue weighted by atomic mass is 10.00. The lowest BCUT2D eigenvalue weighted by Gasteiger charge is -2.14. The molecule has 0 saturated carbocycles. The maximum absolute atomic E-state index is 6.26. The Kier molecular flexibility index (Phi) is 5.49. The van der Waals surface area contributed by atoms with E-state index in [0.29, 0.717) is 6.42 Å². The highest BCUT2D eigenvalue weighted by molar-refractivity contribution is 9.11. The number of halogens is 4. The average molecular weight is 468 g/mol. The van der Waals surface area contributed by atoms with Crippen LogP contribution in [-0.4, -0.2) is 0 Å². The van der Waals surface area contributed by atoms with Gasteiger partial charge in [-0.15, -0.1) is 0 Å². The van der Waals surface area contributed by atoms with Gasteiger partial charge in [-0.2, -0.15) is 0 Å². The van der Waals surface area contributed by atoms with E-state index in [-0.39, 0.29) is 6.04 Å². The zero-order valence-electron chi connectivity index (χ0n) is 9.84. The molecule has 0 aliphatic heterocycles. The summed E-state index contributed by atoms with van der Waals surface area (Å²) in [7, 11) is 0. The van der Waals surface area contributed by atoms with Crippen molar-refractivity contribution in [2.75, 3.05) is 0 Å². The van der Waals surface area contributed by atoms with E-state index in [1.165, 1.54) is 0 Å². The Labute approximate surface area is 142 Å². The summed E-state index contributed by atoms with van der Waals surface area (Å²) < 4.78 is 2.99. The van der Waals surface area contributed by atoms with Gasteiger partial charge in [0.05, 0.1) is 0 Å². The molecule has 0 saturated heterocycles. The molecule has 0 fully saturated rings. The monoisotopic (exact) mass is 465 g/mol. The lowest BCUT2D eigenvalue weighted by molar-refractivity contribution is 0.721. The highest BCUT2D eigenvalue weighted by atomic mass is 79.9. The molecule has 0 spiro atoms. The minimum atomic E-state index is -0.0903. The molecular formula is C14H11Br3ClN. The number of benzene rings is 2. The SMILES string of the molecule is NC(Cc1ccc(Br)cc1Cl)c1cc(Br)cc(Br)c1. The third kappa shape index (κ3) is 4.30. The molecule has 2 rings (SSSR count). The molecule has 1 unspecified atom stereocenters. The van der Waals surface area contributed by atoms with Gasteiger partial charge in [-0.3, -0.25) is 0 Å². The Hall–Kier alpha value is 0.130. The van der Waals surface area contributed by atoms with Gasteiger partial charge in [0.25, 0.3) is 0 Å². The summed E-state index contributed by atoms with van der Waals surface area (Å²) in [6.07, 6.45) is 0.703. The van der Waals surface area contributed by atoms with Crippen molar-refractivity contribution in [3.05, 3.63) is 66.0 Å². The summed E-state index contributed by atoms with van der Waals surface area (Å²) >= 11 is 16.6.